The number of allylic oxidation sites excluding steroid dienone is 3. The molecule has 2 aromatic rings. The van der Waals surface area contributed by atoms with Gasteiger partial charge in [0, 0.05) is 29.3 Å². The molecule has 1 aliphatic carbocycles. The number of phenols is 1. The predicted octanol–water partition coefficient (Wildman–Crippen LogP) is 4.34. The molecule has 2 atom stereocenters. The Kier molecular flexibility index (Phi) is 7.24. The molecular formula is C28H31NO7. The van der Waals surface area contributed by atoms with Gasteiger partial charge in [-0.1, -0.05) is 12.1 Å². The normalized spacial score (nSPS) is 19.4. The first-order chi connectivity index (χ1) is 17.3. The van der Waals surface area contributed by atoms with Crippen LogP contribution in [0.15, 0.2) is 58.9 Å². The first kappa shape index (κ1) is 25.2. The number of phenolic OH excluding ortho intramolecular Hbond substituents is 1. The largest absolute Gasteiger partial charge is 0.504 e. The van der Waals surface area contributed by atoms with Crippen LogP contribution < -0.4 is 19.5 Å². The van der Waals surface area contributed by atoms with Crippen LogP contribution in [0.3, 0.4) is 0 Å². The standard InChI is InChI=1S/C28H31NO7/c1-6-36-28(32)25-15(2)29-19-11-18(16-8-10-22(33-3)24(13-16)35-5)12-21(31)27(19)26(25)17-7-9-20(30)23(14-17)34-4/h7-10,13-14,18,26,29-30H,6,11-12H2,1-5H3/t18-,26+/m1/s1. The Hall–Kier alpha value is -3.94. The highest BCUT2D eigenvalue weighted by atomic mass is 16.5. The first-order valence-electron chi connectivity index (χ1n) is 11.8. The van der Waals surface area contributed by atoms with Crippen molar-refractivity contribution < 1.29 is 33.6 Å². The van der Waals surface area contributed by atoms with Gasteiger partial charge < -0.3 is 29.4 Å². The van der Waals surface area contributed by atoms with Crippen LogP contribution in [0.5, 0.6) is 23.0 Å². The molecule has 1 aliphatic heterocycles. The van der Waals surface area contributed by atoms with Crippen LogP contribution in [0.2, 0.25) is 0 Å². The molecule has 0 saturated carbocycles. The summed E-state index contributed by atoms with van der Waals surface area (Å²) < 4.78 is 21.5. The lowest BCUT2D eigenvalue weighted by Crippen LogP contribution is -2.36. The fourth-order valence-corrected chi connectivity index (χ4v) is 5.07. The quantitative estimate of drug-likeness (QED) is 0.549. The number of esters is 1. The maximum Gasteiger partial charge on any atom is 0.336 e. The van der Waals surface area contributed by atoms with E-state index in [1.165, 1.54) is 13.2 Å². The highest BCUT2D eigenvalue weighted by Gasteiger charge is 2.41. The van der Waals surface area contributed by atoms with Crippen LogP contribution in [-0.2, 0) is 14.3 Å². The van der Waals surface area contributed by atoms with E-state index in [0.717, 1.165) is 11.3 Å². The number of carbonyl (C=O) groups excluding carboxylic acids is 2. The molecule has 0 fully saturated rings. The molecule has 2 aromatic carbocycles. The van der Waals surface area contributed by atoms with E-state index in [9.17, 15) is 14.7 Å². The molecular weight excluding hydrogens is 462 g/mol. The Balaban J connectivity index is 1.80. The number of hydrogen-bond donors (Lipinski definition) is 2. The predicted molar refractivity (Wildman–Crippen MR) is 133 cm³/mol. The van der Waals surface area contributed by atoms with Crippen molar-refractivity contribution in [1.29, 1.82) is 0 Å². The third kappa shape index (κ3) is 4.51. The van der Waals surface area contributed by atoms with E-state index in [1.54, 1.807) is 33.3 Å². The smallest absolute Gasteiger partial charge is 0.336 e. The Morgan fingerprint density at radius 1 is 0.972 bits per heavy atom. The zero-order valence-electron chi connectivity index (χ0n) is 21.1. The third-order valence-corrected chi connectivity index (χ3v) is 6.74. The number of benzene rings is 2. The van der Waals surface area contributed by atoms with Crippen LogP contribution in [0.1, 0.15) is 49.7 Å². The number of carbonyl (C=O) groups is 2. The van der Waals surface area contributed by atoms with Crippen molar-refractivity contribution in [3.63, 3.8) is 0 Å². The lowest BCUT2D eigenvalue weighted by Gasteiger charge is -2.36. The summed E-state index contributed by atoms with van der Waals surface area (Å²) in [5.41, 5.74) is 3.95. The van der Waals surface area contributed by atoms with Gasteiger partial charge in [-0.3, -0.25) is 4.79 Å². The SMILES string of the molecule is CCOC(=O)C1=C(C)NC2=C(C(=O)C[C@H](c3ccc(OC)c(OC)c3)C2)[C@H]1c1ccc(O)c(OC)c1. The molecule has 1 heterocycles. The Morgan fingerprint density at radius 3 is 2.31 bits per heavy atom. The monoisotopic (exact) mass is 493 g/mol. The number of nitrogens with one attached hydrogen (secondary N) is 1. The topological polar surface area (TPSA) is 103 Å². The van der Waals surface area contributed by atoms with Crippen LogP contribution in [-0.4, -0.2) is 44.8 Å². The Morgan fingerprint density at radius 2 is 1.64 bits per heavy atom. The van der Waals surface area contributed by atoms with Gasteiger partial charge in [0.1, 0.15) is 0 Å². The molecule has 0 amide bonds. The zero-order chi connectivity index (χ0) is 26.0. The van der Waals surface area contributed by atoms with Gasteiger partial charge in [-0.05, 0) is 61.6 Å². The lowest BCUT2D eigenvalue weighted by molar-refractivity contribution is -0.138. The molecule has 8 nitrogen and oxygen atoms in total. The second kappa shape index (κ2) is 10.4. The van der Waals surface area contributed by atoms with Crippen LogP contribution in [0, 0.1) is 0 Å². The summed E-state index contributed by atoms with van der Waals surface area (Å²) in [5.74, 6) is 0.207. The van der Waals surface area contributed by atoms with Crippen molar-refractivity contribution in [2.24, 2.45) is 0 Å². The van der Waals surface area contributed by atoms with Crippen molar-refractivity contribution in [3.05, 3.63) is 70.1 Å². The van der Waals surface area contributed by atoms with E-state index in [1.807, 2.05) is 25.1 Å². The van der Waals surface area contributed by atoms with Crippen molar-refractivity contribution in [1.82, 2.24) is 5.32 Å². The van der Waals surface area contributed by atoms with E-state index >= 15 is 0 Å². The number of methoxy groups -OCH3 is 3. The molecule has 8 heteroatoms. The van der Waals surface area contributed by atoms with Crippen LogP contribution in [0.25, 0.3) is 0 Å². The minimum absolute atomic E-state index is 0.0220. The molecule has 0 saturated heterocycles. The number of dihydropyridines is 1. The fraction of sp³-hybridized carbons (Fsp3) is 0.357. The van der Waals surface area contributed by atoms with Gasteiger partial charge in [0.05, 0.1) is 33.5 Å². The third-order valence-electron chi connectivity index (χ3n) is 6.74. The summed E-state index contributed by atoms with van der Waals surface area (Å²) in [6.07, 6.45) is 0.854. The Labute approximate surface area is 210 Å². The molecule has 36 heavy (non-hydrogen) atoms. The highest BCUT2D eigenvalue weighted by Crippen LogP contribution is 2.47. The van der Waals surface area contributed by atoms with Gasteiger partial charge in [0.25, 0.3) is 0 Å². The fourth-order valence-electron chi connectivity index (χ4n) is 5.07. The second-order valence-electron chi connectivity index (χ2n) is 8.78. The number of Topliss-reactive ketones (excluding diaryl/α,β-unsaturated/α-hetero) is 1. The molecule has 0 aromatic heterocycles. The van der Waals surface area contributed by atoms with Gasteiger partial charge in [0.15, 0.2) is 28.8 Å². The molecule has 2 N–H and O–H groups in total. The molecule has 0 spiro atoms. The van der Waals surface area contributed by atoms with Gasteiger partial charge in [-0.2, -0.15) is 0 Å². The van der Waals surface area contributed by atoms with E-state index in [4.69, 9.17) is 18.9 Å². The van der Waals surface area contributed by atoms with E-state index in [0.29, 0.717) is 40.3 Å². The summed E-state index contributed by atoms with van der Waals surface area (Å²) in [5, 5.41) is 13.5. The zero-order valence-corrected chi connectivity index (χ0v) is 21.1. The Bertz CT molecular complexity index is 1260. The van der Waals surface area contributed by atoms with Crippen LogP contribution >= 0.6 is 0 Å². The minimum Gasteiger partial charge on any atom is -0.504 e. The van der Waals surface area contributed by atoms with Gasteiger partial charge >= 0.3 is 5.97 Å². The van der Waals surface area contributed by atoms with Gasteiger partial charge in [0.2, 0.25) is 0 Å². The van der Waals surface area contributed by atoms with Gasteiger partial charge in [-0.15, -0.1) is 0 Å². The number of ketones is 1. The summed E-state index contributed by atoms with van der Waals surface area (Å²) in [6.45, 7) is 3.76. The number of rotatable bonds is 7. The van der Waals surface area contributed by atoms with Crippen molar-refractivity contribution in [2.45, 2.75) is 38.5 Å². The highest BCUT2D eigenvalue weighted by molar-refractivity contribution is 6.04. The van der Waals surface area contributed by atoms with E-state index < -0.39 is 11.9 Å². The molecule has 4 rings (SSSR count). The summed E-state index contributed by atoms with van der Waals surface area (Å²) in [6, 6.07) is 10.6. The minimum atomic E-state index is -0.645. The molecule has 0 radical (unpaired) electrons. The van der Waals surface area contributed by atoms with Crippen molar-refractivity contribution in [2.75, 3.05) is 27.9 Å². The lowest BCUT2D eigenvalue weighted by atomic mass is 9.71. The summed E-state index contributed by atoms with van der Waals surface area (Å²) >= 11 is 0. The summed E-state index contributed by atoms with van der Waals surface area (Å²) in [4.78, 5) is 26.8. The maximum absolute atomic E-state index is 13.7. The maximum atomic E-state index is 13.7. The average Bonchev–Trinajstić information content (AvgIpc) is 2.87. The summed E-state index contributed by atoms with van der Waals surface area (Å²) in [7, 11) is 4.62. The molecule has 0 unspecified atom stereocenters. The second-order valence-corrected chi connectivity index (χ2v) is 8.78. The molecule has 2 aliphatic rings. The number of aromatic hydroxyl groups is 1. The van der Waals surface area contributed by atoms with E-state index in [-0.39, 0.29) is 36.2 Å². The van der Waals surface area contributed by atoms with Crippen LogP contribution in [0.4, 0.5) is 0 Å². The van der Waals surface area contributed by atoms with Crippen molar-refractivity contribution >= 4 is 11.8 Å². The first-order valence-corrected chi connectivity index (χ1v) is 11.8. The van der Waals surface area contributed by atoms with E-state index in [2.05, 4.69) is 5.32 Å². The van der Waals surface area contributed by atoms with Crippen molar-refractivity contribution in [3.8, 4) is 23.0 Å². The molecule has 0 bridgehead atoms. The molecule has 190 valence electrons. The van der Waals surface area contributed by atoms with Gasteiger partial charge in [-0.25, -0.2) is 4.79 Å². The number of ether oxygens (including phenoxy) is 4. The number of hydrogen-bond acceptors (Lipinski definition) is 8. The average molecular weight is 494 g/mol.